The largest absolute Gasteiger partial charge is 0.418 e. The summed E-state index contributed by atoms with van der Waals surface area (Å²) in [5, 5.41) is 2.60. The Morgan fingerprint density at radius 3 is 2.49 bits per heavy atom. The second kappa shape index (κ2) is 8.07. The zero-order chi connectivity index (χ0) is 25.3. The second-order valence-corrected chi connectivity index (χ2v) is 11.5. The molecule has 1 heterocycles. The number of nitrogens with one attached hydrogen (secondary N) is 1. The molecule has 1 aromatic carbocycles. The van der Waals surface area contributed by atoms with Gasteiger partial charge in [-0.3, -0.25) is 9.59 Å². The standard InChI is InChI=1S/C27H32F4N2O2/c1-25-13-12-17-15(8-11-22-26(17,2)14-20(28)24(35)33(22)3)16(25)9-10-19(25)23(34)32-21-7-5-4-6-18(21)27(29,30)31/h4-7,14-17,19,22H,8-13H2,1-3H3,(H,32,34)/t15-,16-,17-,19+,22+,25-,26+/m0/s1. The van der Waals surface area contributed by atoms with E-state index in [0.29, 0.717) is 12.3 Å². The van der Waals surface area contributed by atoms with E-state index in [0.717, 1.165) is 38.2 Å². The molecule has 0 spiro atoms. The van der Waals surface area contributed by atoms with E-state index in [4.69, 9.17) is 0 Å². The quantitative estimate of drug-likeness (QED) is 0.500. The molecule has 1 aliphatic heterocycles. The summed E-state index contributed by atoms with van der Waals surface area (Å²) in [6.07, 6.45) is 1.72. The van der Waals surface area contributed by atoms with E-state index in [1.165, 1.54) is 18.2 Å². The third-order valence-electron chi connectivity index (χ3n) is 9.96. The van der Waals surface area contributed by atoms with Gasteiger partial charge in [0.05, 0.1) is 11.3 Å². The van der Waals surface area contributed by atoms with Crippen LogP contribution in [0, 0.1) is 34.5 Å². The average molecular weight is 493 g/mol. The van der Waals surface area contributed by atoms with Crippen LogP contribution in [0.25, 0.3) is 0 Å². The number of nitrogens with zero attached hydrogens (tertiary/aromatic N) is 1. The number of carbonyl (C=O) groups is 2. The van der Waals surface area contributed by atoms with Crippen molar-refractivity contribution in [1.82, 2.24) is 4.90 Å². The van der Waals surface area contributed by atoms with Crippen molar-refractivity contribution >= 4 is 17.5 Å². The normalized spacial score (nSPS) is 38.8. The molecule has 190 valence electrons. The summed E-state index contributed by atoms with van der Waals surface area (Å²) in [5.74, 6) is -1.22. The van der Waals surface area contributed by atoms with Crippen LogP contribution in [0.3, 0.4) is 0 Å². The van der Waals surface area contributed by atoms with Crippen LogP contribution in [-0.2, 0) is 15.8 Å². The van der Waals surface area contributed by atoms with Gasteiger partial charge in [0.15, 0.2) is 5.83 Å². The number of anilines is 1. The molecule has 0 aromatic heterocycles. The Balaban J connectivity index is 1.39. The van der Waals surface area contributed by atoms with Crippen LogP contribution in [0.15, 0.2) is 36.2 Å². The summed E-state index contributed by atoms with van der Waals surface area (Å²) in [4.78, 5) is 27.1. The fourth-order valence-corrected chi connectivity index (χ4v) is 8.32. The first-order valence-electron chi connectivity index (χ1n) is 12.5. The lowest BCUT2D eigenvalue weighted by Gasteiger charge is -2.60. The van der Waals surface area contributed by atoms with Gasteiger partial charge in [-0.25, -0.2) is 4.39 Å². The number of rotatable bonds is 2. The molecule has 3 aliphatic carbocycles. The molecule has 0 radical (unpaired) electrons. The highest BCUT2D eigenvalue weighted by atomic mass is 19.4. The molecule has 0 saturated heterocycles. The number of carbonyl (C=O) groups excluding carboxylic acids is 2. The lowest BCUT2D eigenvalue weighted by atomic mass is 9.47. The predicted octanol–water partition coefficient (Wildman–Crippen LogP) is 6.20. The third kappa shape index (κ3) is 3.61. The average Bonchev–Trinajstić information content (AvgIpc) is 3.14. The van der Waals surface area contributed by atoms with Crippen LogP contribution in [-0.4, -0.2) is 29.8 Å². The van der Waals surface area contributed by atoms with E-state index in [9.17, 15) is 27.2 Å². The molecule has 4 aliphatic rings. The number of likely N-dealkylation sites (N-methyl/N-ethyl adjacent to an activating group) is 1. The lowest BCUT2D eigenvalue weighted by Crippen LogP contribution is -2.60. The van der Waals surface area contributed by atoms with Gasteiger partial charge in [0.2, 0.25) is 5.91 Å². The van der Waals surface area contributed by atoms with Crippen molar-refractivity contribution in [3.8, 4) is 0 Å². The monoisotopic (exact) mass is 492 g/mol. The van der Waals surface area contributed by atoms with Gasteiger partial charge in [-0.1, -0.05) is 26.0 Å². The van der Waals surface area contributed by atoms with Crippen LogP contribution >= 0.6 is 0 Å². The maximum absolute atomic E-state index is 14.6. The van der Waals surface area contributed by atoms with E-state index >= 15 is 0 Å². The van der Waals surface area contributed by atoms with Crippen LogP contribution in [0.2, 0.25) is 0 Å². The van der Waals surface area contributed by atoms with Crippen molar-refractivity contribution in [1.29, 1.82) is 0 Å². The zero-order valence-electron chi connectivity index (χ0n) is 20.3. The maximum Gasteiger partial charge on any atom is 0.418 e. The van der Waals surface area contributed by atoms with Gasteiger partial charge >= 0.3 is 6.18 Å². The molecule has 3 fully saturated rings. The van der Waals surface area contributed by atoms with E-state index in [1.54, 1.807) is 18.0 Å². The van der Waals surface area contributed by atoms with E-state index in [2.05, 4.69) is 19.2 Å². The van der Waals surface area contributed by atoms with Gasteiger partial charge in [0.1, 0.15) is 0 Å². The van der Waals surface area contributed by atoms with Crippen molar-refractivity contribution in [2.45, 2.75) is 64.6 Å². The highest BCUT2D eigenvalue weighted by Crippen LogP contribution is 2.65. The summed E-state index contributed by atoms with van der Waals surface area (Å²) in [6.45, 7) is 4.18. The SMILES string of the molecule is CN1C(=O)C(F)=C[C@]2(C)[C@H]3CC[C@]4(C)[C@@H](C(=O)Nc5ccccc5C(F)(F)F)CC[C@H]4[C@@H]3CC[C@@H]12. The number of hydrogen-bond acceptors (Lipinski definition) is 2. The maximum atomic E-state index is 14.6. The molecule has 5 rings (SSSR count). The molecule has 35 heavy (non-hydrogen) atoms. The first-order valence-corrected chi connectivity index (χ1v) is 12.5. The van der Waals surface area contributed by atoms with Gasteiger partial charge in [-0.05, 0) is 79.9 Å². The molecular weight excluding hydrogens is 460 g/mol. The summed E-state index contributed by atoms with van der Waals surface area (Å²) in [5.41, 5.74) is -1.81. The second-order valence-electron chi connectivity index (χ2n) is 11.5. The van der Waals surface area contributed by atoms with Crippen LogP contribution in [0.4, 0.5) is 23.2 Å². The highest BCUT2D eigenvalue weighted by Gasteiger charge is 2.62. The predicted molar refractivity (Wildman–Crippen MR) is 124 cm³/mol. The first kappa shape index (κ1) is 24.3. The van der Waals surface area contributed by atoms with Crippen LogP contribution in [0.1, 0.15) is 57.9 Å². The number of fused-ring (bicyclic) bond motifs is 5. The Labute approximate surface area is 203 Å². The molecule has 8 heteroatoms. The summed E-state index contributed by atoms with van der Waals surface area (Å²) >= 11 is 0. The molecule has 7 atom stereocenters. The Morgan fingerprint density at radius 1 is 1.06 bits per heavy atom. The number of halogens is 4. The molecule has 0 unspecified atom stereocenters. The summed E-state index contributed by atoms with van der Waals surface area (Å²) < 4.78 is 54.9. The van der Waals surface area contributed by atoms with Crippen molar-refractivity contribution in [2.75, 3.05) is 12.4 Å². The smallest absolute Gasteiger partial charge is 0.336 e. The Bertz CT molecular complexity index is 1090. The summed E-state index contributed by atoms with van der Waals surface area (Å²) in [6, 6.07) is 5.05. The van der Waals surface area contributed by atoms with Gasteiger partial charge in [-0.15, -0.1) is 0 Å². The van der Waals surface area contributed by atoms with Crippen molar-refractivity contribution in [2.24, 2.45) is 34.5 Å². The number of alkyl halides is 3. The summed E-state index contributed by atoms with van der Waals surface area (Å²) in [7, 11) is 1.68. The minimum atomic E-state index is -4.55. The first-order chi connectivity index (χ1) is 16.4. The number of para-hydroxylation sites is 1. The number of amides is 2. The fourth-order valence-electron chi connectivity index (χ4n) is 8.32. The Hall–Kier alpha value is -2.38. The van der Waals surface area contributed by atoms with Gasteiger partial charge < -0.3 is 10.2 Å². The Morgan fingerprint density at radius 2 is 1.77 bits per heavy atom. The van der Waals surface area contributed by atoms with Gasteiger partial charge in [-0.2, -0.15) is 13.2 Å². The van der Waals surface area contributed by atoms with E-state index < -0.39 is 28.9 Å². The van der Waals surface area contributed by atoms with Crippen molar-refractivity contribution in [3.63, 3.8) is 0 Å². The fraction of sp³-hybridized carbons (Fsp3) is 0.630. The van der Waals surface area contributed by atoms with Gasteiger partial charge in [0, 0.05) is 24.4 Å². The van der Waals surface area contributed by atoms with Gasteiger partial charge in [0.25, 0.3) is 5.91 Å². The molecule has 4 nitrogen and oxygen atoms in total. The Kier molecular flexibility index (Phi) is 5.61. The van der Waals surface area contributed by atoms with Crippen LogP contribution < -0.4 is 5.32 Å². The minimum absolute atomic E-state index is 0.0422. The molecule has 0 bridgehead atoms. The number of benzene rings is 1. The minimum Gasteiger partial charge on any atom is -0.336 e. The van der Waals surface area contributed by atoms with Crippen LogP contribution in [0.5, 0.6) is 0 Å². The third-order valence-corrected chi connectivity index (χ3v) is 9.96. The zero-order valence-corrected chi connectivity index (χ0v) is 20.3. The molecule has 1 aromatic rings. The topological polar surface area (TPSA) is 49.4 Å². The van der Waals surface area contributed by atoms with E-state index in [-0.39, 0.29) is 40.8 Å². The lowest BCUT2D eigenvalue weighted by molar-refractivity contribution is -0.144. The molecule has 3 saturated carbocycles. The van der Waals surface area contributed by atoms with Crippen molar-refractivity contribution in [3.05, 3.63) is 41.7 Å². The highest BCUT2D eigenvalue weighted by molar-refractivity contribution is 5.94. The molecule has 2 amide bonds. The number of hydrogen-bond donors (Lipinski definition) is 1. The van der Waals surface area contributed by atoms with Crippen molar-refractivity contribution < 1.29 is 27.2 Å². The molecule has 1 N–H and O–H groups in total. The van der Waals surface area contributed by atoms with E-state index in [1.807, 2.05) is 0 Å². The molecular formula is C27H32F4N2O2.